The van der Waals surface area contributed by atoms with Crippen LogP contribution in [0.2, 0.25) is 0 Å². The molecule has 0 bridgehead atoms. The number of pyridine rings is 1. The molecule has 5 heteroatoms. The van der Waals surface area contributed by atoms with E-state index in [0.717, 1.165) is 30.4 Å². The van der Waals surface area contributed by atoms with E-state index in [4.69, 9.17) is 10.3 Å². The molecule has 0 saturated heterocycles. The molecule has 1 aliphatic carbocycles. The summed E-state index contributed by atoms with van der Waals surface area (Å²) in [5.41, 5.74) is 8.00. The molecule has 2 N–H and O–H groups in total. The van der Waals surface area contributed by atoms with Crippen LogP contribution in [0, 0.1) is 12.8 Å². The summed E-state index contributed by atoms with van der Waals surface area (Å²) in [7, 11) is 0. The van der Waals surface area contributed by atoms with Gasteiger partial charge >= 0.3 is 0 Å². The van der Waals surface area contributed by atoms with E-state index in [9.17, 15) is 0 Å². The first-order valence-corrected chi connectivity index (χ1v) is 7.12. The summed E-state index contributed by atoms with van der Waals surface area (Å²) in [5.74, 6) is 1.77. The van der Waals surface area contributed by atoms with Crippen molar-refractivity contribution in [1.29, 1.82) is 0 Å². The molecule has 2 heterocycles. The van der Waals surface area contributed by atoms with Gasteiger partial charge in [-0.1, -0.05) is 24.9 Å². The average Bonchev–Trinajstić information content (AvgIpc) is 2.89. The van der Waals surface area contributed by atoms with Crippen molar-refractivity contribution in [3.05, 3.63) is 29.9 Å². The van der Waals surface area contributed by atoms with Gasteiger partial charge in [0.25, 0.3) is 0 Å². The quantitative estimate of drug-likeness (QED) is 0.909. The summed E-state index contributed by atoms with van der Waals surface area (Å²) in [5, 5.41) is 4.10. The third-order valence-corrected chi connectivity index (χ3v) is 4.15. The normalized spacial score (nSPS) is 26.6. The van der Waals surface area contributed by atoms with E-state index in [1.165, 1.54) is 6.42 Å². The lowest BCUT2D eigenvalue weighted by Crippen LogP contribution is -2.41. The molecular weight excluding hydrogens is 252 g/mol. The Hall–Kier alpha value is -1.75. The van der Waals surface area contributed by atoms with Gasteiger partial charge in [-0.25, -0.2) is 0 Å². The van der Waals surface area contributed by atoms with Gasteiger partial charge in [-0.05, 0) is 37.3 Å². The zero-order chi connectivity index (χ0) is 14.2. The molecule has 0 spiro atoms. The van der Waals surface area contributed by atoms with E-state index in [-0.39, 0.29) is 0 Å². The smallest absolute Gasteiger partial charge is 0.247 e. The van der Waals surface area contributed by atoms with Crippen molar-refractivity contribution in [2.75, 3.05) is 0 Å². The molecule has 2 atom stereocenters. The fourth-order valence-corrected chi connectivity index (χ4v) is 3.05. The van der Waals surface area contributed by atoms with E-state index < -0.39 is 5.54 Å². The average molecular weight is 272 g/mol. The van der Waals surface area contributed by atoms with Crippen LogP contribution in [0.4, 0.5) is 0 Å². The Labute approximate surface area is 118 Å². The van der Waals surface area contributed by atoms with Crippen LogP contribution in [-0.2, 0) is 5.54 Å². The first kappa shape index (κ1) is 13.2. The minimum Gasteiger partial charge on any atom is -0.337 e. The Balaban J connectivity index is 1.92. The molecule has 0 aliphatic heterocycles. The number of rotatable bonds is 2. The Morgan fingerprint density at radius 1 is 1.45 bits per heavy atom. The van der Waals surface area contributed by atoms with Crippen LogP contribution in [0.15, 0.2) is 23.0 Å². The van der Waals surface area contributed by atoms with Crippen LogP contribution in [0.3, 0.4) is 0 Å². The highest BCUT2D eigenvalue weighted by molar-refractivity contribution is 5.58. The van der Waals surface area contributed by atoms with Crippen molar-refractivity contribution < 1.29 is 4.52 Å². The first-order chi connectivity index (χ1) is 9.58. The van der Waals surface area contributed by atoms with Crippen molar-refractivity contribution in [3.63, 3.8) is 0 Å². The molecule has 1 saturated carbocycles. The van der Waals surface area contributed by atoms with Crippen molar-refractivity contribution in [2.45, 2.75) is 45.1 Å². The van der Waals surface area contributed by atoms with Gasteiger partial charge in [-0.15, -0.1) is 0 Å². The molecule has 0 amide bonds. The second-order valence-electron chi connectivity index (χ2n) is 5.97. The van der Waals surface area contributed by atoms with E-state index in [1.54, 1.807) is 12.4 Å². The Kier molecular flexibility index (Phi) is 3.30. The number of aryl methyl sites for hydroxylation is 1. The van der Waals surface area contributed by atoms with Crippen molar-refractivity contribution in [1.82, 2.24) is 15.1 Å². The minimum absolute atomic E-state index is 0.468. The summed E-state index contributed by atoms with van der Waals surface area (Å²) in [6.07, 6.45) is 7.69. The van der Waals surface area contributed by atoms with Crippen LogP contribution in [0.1, 0.15) is 44.1 Å². The number of nitrogens with zero attached hydrogens (tertiary/aromatic N) is 3. The fraction of sp³-hybridized carbons (Fsp3) is 0.533. The lowest BCUT2D eigenvalue weighted by molar-refractivity contribution is 0.183. The lowest BCUT2D eigenvalue weighted by atomic mass is 9.77. The van der Waals surface area contributed by atoms with E-state index in [0.29, 0.717) is 17.6 Å². The van der Waals surface area contributed by atoms with Gasteiger partial charge in [0.2, 0.25) is 11.7 Å². The van der Waals surface area contributed by atoms with Crippen molar-refractivity contribution >= 4 is 0 Å². The standard InChI is InChI=1S/C15H20N4O/c1-10-4-3-6-15(16,8-10)14-18-13(19-20-14)12-5-7-17-9-11(12)2/h5,7,9-10H,3-4,6,8,16H2,1-2H3. The molecule has 1 fully saturated rings. The maximum atomic E-state index is 6.49. The molecule has 2 aromatic rings. The number of aromatic nitrogens is 3. The summed E-state index contributed by atoms with van der Waals surface area (Å²) in [6, 6.07) is 1.90. The topological polar surface area (TPSA) is 77.8 Å². The Morgan fingerprint density at radius 3 is 3.05 bits per heavy atom. The maximum absolute atomic E-state index is 6.49. The predicted octanol–water partition coefficient (Wildman–Crippen LogP) is 2.80. The molecule has 3 rings (SSSR count). The van der Waals surface area contributed by atoms with Gasteiger partial charge in [0, 0.05) is 18.0 Å². The van der Waals surface area contributed by atoms with Crippen LogP contribution in [0.25, 0.3) is 11.4 Å². The summed E-state index contributed by atoms with van der Waals surface area (Å²) in [4.78, 5) is 8.62. The zero-order valence-corrected chi connectivity index (χ0v) is 12.0. The molecule has 2 aromatic heterocycles. The van der Waals surface area contributed by atoms with Crippen LogP contribution < -0.4 is 5.73 Å². The third-order valence-electron chi connectivity index (χ3n) is 4.15. The van der Waals surface area contributed by atoms with Crippen molar-refractivity contribution in [3.8, 4) is 11.4 Å². The van der Waals surface area contributed by atoms with Crippen molar-refractivity contribution in [2.24, 2.45) is 11.7 Å². The zero-order valence-electron chi connectivity index (χ0n) is 12.0. The van der Waals surface area contributed by atoms with E-state index in [2.05, 4.69) is 22.0 Å². The highest BCUT2D eigenvalue weighted by Crippen LogP contribution is 2.37. The Morgan fingerprint density at radius 2 is 2.30 bits per heavy atom. The minimum atomic E-state index is -0.468. The van der Waals surface area contributed by atoms with Gasteiger partial charge in [-0.3, -0.25) is 4.98 Å². The van der Waals surface area contributed by atoms with Crippen LogP contribution in [0.5, 0.6) is 0 Å². The third kappa shape index (κ3) is 2.33. The molecule has 0 aromatic carbocycles. The number of hydrogen-bond donors (Lipinski definition) is 1. The molecule has 5 nitrogen and oxygen atoms in total. The monoisotopic (exact) mass is 272 g/mol. The molecule has 20 heavy (non-hydrogen) atoms. The fourth-order valence-electron chi connectivity index (χ4n) is 3.05. The van der Waals surface area contributed by atoms with Gasteiger partial charge in [0.1, 0.15) is 0 Å². The Bertz CT molecular complexity index is 609. The van der Waals surface area contributed by atoms with Gasteiger partial charge in [-0.2, -0.15) is 4.98 Å². The van der Waals surface area contributed by atoms with Gasteiger partial charge < -0.3 is 10.3 Å². The van der Waals surface area contributed by atoms with Gasteiger partial charge in [0.15, 0.2) is 0 Å². The molecule has 106 valence electrons. The summed E-state index contributed by atoms with van der Waals surface area (Å²) < 4.78 is 5.46. The molecule has 0 radical (unpaired) electrons. The summed E-state index contributed by atoms with van der Waals surface area (Å²) >= 11 is 0. The lowest BCUT2D eigenvalue weighted by Gasteiger charge is -2.33. The van der Waals surface area contributed by atoms with E-state index >= 15 is 0 Å². The SMILES string of the molecule is Cc1cnccc1-c1noc(C2(N)CCCC(C)C2)n1. The second-order valence-corrected chi connectivity index (χ2v) is 5.97. The highest BCUT2D eigenvalue weighted by Gasteiger charge is 2.37. The molecule has 2 unspecified atom stereocenters. The number of hydrogen-bond acceptors (Lipinski definition) is 5. The second kappa shape index (κ2) is 4.98. The van der Waals surface area contributed by atoms with E-state index in [1.807, 2.05) is 13.0 Å². The van der Waals surface area contributed by atoms with Crippen LogP contribution in [-0.4, -0.2) is 15.1 Å². The molecular formula is C15H20N4O. The van der Waals surface area contributed by atoms with Crippen LogP contribution >= 0.6 is 0 Å². The predicted molar refractivity (Wildman–Crippen MR) is 75.8 cm³/mol. The highest BCUT2D eigenvalue weighted by atomic mass is 16.5. The van der Waals surface area contributed by atoms with Gasteiger partial charge in [0.05, 0.1) is 5.54 Å². The molecule has 1 aliphatic rings. The largest absolute Gasteiger partial charge is 0.337 e. The maximum Gasteiger partial charge on any atom is 0.247 e. The summed E-state index contributed by atoms with van der Waals surface area (Å²) in [6.45, 7) is 4.21. The first-order valence-electron chi connectivity index (χ1n) is 7.12. The number of nitrogens with two attached hydrogens (primary N) is 1.